The molecule has 0 aliphatic carbocycles. The molecule has 3 rings (SSSR count). The minimum absolute atomic E-state index is 0.116. The number of fused-ring (bicyclic) bond motifs is 1. The molecule has 1 aromatic heterocycles. The summed E-state index contributed by atoms with van der Waals surface area (Å²) in [4.78, 5) is 16.5. The van der Waals surface area contributed by atoms with E-state index in [0.29, 0.717) is 36.0 Å². The summed E-state index contributed by atoms with van der Waals surface area (Å²) < 4.78 is 10.9. The lowest BCUT2D eigenvalue weighted by Crippen LogP contribution is -2.16. The molecule has 2 heterocycles. The third kappa shape index (κ3) is 2.26. The Bertz CT molecular complexity index is 624. The lowest BCUT2D eigenvalue weighted by molar-refractivity contribution is 0.103. The van der Waals surface area contributed by atoms with Crippen LogP contribution in [0.5, 0.6) is 11.5 Å². The second-order valence-corrected chi connectivity index (χ2v) is 4.83. The molecule has 5 nitrogen and oxygen atoms in total. The number of ketones is 1. The fraction of sp³-hybridized carbons (Fsp3) is 0.231. The molecule has 1 N–H and O–H groups in total. The predicted octanol–water partition coefficient (Wildman–Crippen LogP) is 2.19. The average Bonchev–Trinajstić information content (AvgIpc) is 2.95. The third-order valence-electron chi connectivity index (χ3n) is 2.76. The Morgan fingerprint density at radius 3 is 2.84 bits per heavy atom. The van der Waals surface area contributed by atoms with Crippen LogP contribution >= 0.6 is 11.3 Å². The molecule has 0 bridgehead atoms. The van der Waals surface area contributed by atoms with Crippen molar-refractivity contribution in [1.82, 2.24) is 4.98 Å². The van der Waals surface area contributed by atoms with Crippen LogP contribution in [0, 0.1) is 0 Å². The minimum Gasteiger partial charge on any atom is -0.486 e. The van der Waals surface area contributed by atoms with Crippen LogP contribution in [0.25, 0.3) is 0 Å². The van der Waals surface area contributed by atoms with Gasteiger partial charge in [0, 0.05) is 18.0 Å². The molecule has 0 unspecified atom stereocenters. The zero-order chi connectivity index (χ0) is 13.2. The highest BCUT2D eigenvalue weighted by molar-refractivity contribution is 7.13. The van der Waals surface area contributed by atoms with Gasteiger partial charge in [-0.3, -0.25) is 4.79 Å². The second kappa shape index (κ2) is 4.89. The van der Waals surface area contributed by atoms with Gasteiger partial charge in [0.25, 0.3) is 0 Å². The van der Waals surface area contributed by atoms with Gasteiger partial charge in [-0.15, -0.1) is 11.3 Å². The average molecular weight is 276 g/mol. The van der Waals surface area contributed by atoms with Crippen molar-refractivity contribution in [2.75, 3.05) is 25.6 Å². The molecule has 19 heavy (non-hydrogen) atoms. The van der Waals surface area contributed by atoms with Gasteiger partial charge in [-0.2, -0.15) is 0 Å². The summed E-state index contributed by atoms with van der Waals surface area (Å²) in [6.07, 6.45) is 0. The first-order valence-electron chi connectivity index (χ1n) is 5.85. The maximum absolute atomic E-state index is 12.3. The van der Waals surface area contributed by atoms with Crippen molar-refractivity contribution >= 4 is 22.3 Å². The van der Waals surface area contributed by atoms with Crippen molar-refractivity contribution in [2.45, 2.75) is 0 Å². The molecule has 1 aliphatic rings. The molecular formula is C13H12N2O3S. The zero-order valence-electron chi connectivity index (χ0n) is 10.3. The summed E-state index contributed by atoms with van der Waals surface area (Å²) in [5.41, 5.74) is 0.989. The highest BCUT2D eigenvalue weighted by atomic mass is 32.1. The SMILES string of the molecule is CNc1nc(C(=O)c2ccc3c(c2)OCCO3)cs1. The third-order valence-corrected chi connectivity index (χ3v) is 3.61. The predicted molar refractivity (Wildman–Crippen MR) is 72.5 cm³/mol. The maximum atomic E-state index is 12.3. The van der Waals surface area contributed by atoms with E-state index in [9.17, 15) is 4.79 Å². The lowest BCUT2D eigenvalue weighted by Gasteiger charge is -2.18. The normalized spacial score (nSPS) is 13.1. The van der Waals surface area contributed by atoms with Gasteiger partial charge in [-0.25, -0.2) is 4.98 Å². The van der Waals surface area contributed by atoms with E-state index in [-0.39, 0.29) is 5.78 Å². The molecule has 1 aliphatic heterocycles. The number of anilines is 1. The fourth-order valence-corrected chi connectivity index (χ4v) is 2.48. The first kappa shape index (κ1) is 12.0. The molecule has 0 atom stereocenters. The van der Waals surface area contributed by atoms with E-state index < -0.39 is 0 Å². The molecule has 0 spiro atoms. The van der Waals surface area contributed by atoms with Gasteiger partial charge in [0.05, 0.1) is 0 Å². The Kier molecular flexibility index (Phi) is 3.08. The molecule has 6 heteroatoms. The van der Waals surface area contributed by atoms with Crippen LogP contribution in [0.1, 0.15) is 16.1 Å². The van der Waals surface area contributed by atoms with E-state index in [4.69, 9.17) is 9.47 Å². The van der Waals surface area contributed by atoms with Crippen LogP contribution in [-0.4, -0.2) is 31.0 Å². The van der Waals surface area contributed by atoms with Gasteiger partial charge in [0.2, 0.25) is 5.78 Å². The quantitative estimate of drug-likeness (QED) is 0.871. The first-order chi connectivity index (χ1) is 9.28. The van der Waals surface area contributed by atoms with Crippen molar-refractivity contribution in [2.24, 2.45) is 0 Å². The largest absolute Gasteiger partial charge is 0.486 e. The molecule has 0 saturated heterocycles. The van der Waals surface area contributed by atoms with Crippen LogP contribution in [-0.2, 0) is 0 Å². The number of rotatable bonds is 3. The van der Waals surface area contributed by atoms with Crippen molar-refractivity contribution in [3.63, 3.8) is 0 Å². The second-order valence-electron chi connectivity index (χ2n) is 3.98. The van der Waals surface area contributed by atoms with E-state index in [0.717, 1.165) is 5.13 Å². The molecule has 0 saturated carbocycles. The Hall–Kier alpha value is -2.08. The number of ether oxygens (including phenoxy) is 2. The van der Waals surface area contributed by atoms with E-state index in [2.05, 4.69) is 10.3 Å². The first-order valence-corrected chi connectivity index (χ1v) is 6.73. The Morgan fingerprint density at radius 2 is 2.11 bits per heavy atom. The minimum atomic E-state index is -0.116. The van der Waals surface area contributed by atoms with E-state index in [1.807, 2.05) is 0 Å². The zero-order valence-corrected chi connectivity index (χ0v) is 11.1. The van der Waals surface area contributed by atoms with Crippen LogP contribution in [0.2, 0.25) is 0 Å². The lowest BCUT2D eigenvalue weighted by atomic mass is 10.1. The summed E-state index contributed by atoms with van der Waals surface area (Å²) in [7, 11) is 1.77. The summed E-state index contributed by atoms with van der Waals surface area (Å²) in [6.45, 7) is 1.04. The molecule has 0 radical (unpaired) electrons. The van der Waals surface area contributed by atoms with Crippen molar-refractivity contribution < 1.29 is 14.3 Å². The van der Waals surface area contributed by atoms with Gasteiger partial charge in [-0.1, -0.05) is 0 Å². The molecule has 2 aromatic rings. The number of benzene rings is 1. The smallest absolute Gasteiger partial charge is 0.212 e. The van der Waals surface area contributed by atoms with Gasteiger partial charge >= 0.3 is 0 Å². The molecule has 1 aromatic carbocycles. The standard InChI is InChI=1S/C13H12N2O3S/c1-14-13-15-9(7-19-13)12(16)8-2-3-10-11(6-8)18-5-4-17-10/h2-3,6-7H,4-5H2,1H3,(H,14,15). The van der Waals surface area contributed by atoms with E-state index in [1.165, 1.54) is 11.3 Å². The van der Waals surface area contributed by atoms with Crippen molar-refractivity contribution in [1.29, 1.82) is 0 Å². The number of carbonyl (C=O) groups is 1. The van der Waals surface area contributed by atoms with Gasteiger partial charge < -0.3 is 14.8 Å². The summed E-state index contributed by atoms with van der Waals surface area (Å²) in [5, 5.41) is 5.38. The van der Waals surface area contributed by atoms with Crippen LogP contribution in [0.15, 0.2) is 23.6 Å². The summed E-state index contributed by atoms with van der Waals surface area (Å²) >= 11 is 1.40. The molecule has 0 fully saturated rings. The Morgan fingerprint density at radius 1 is 1.32 bits per heavy atom. The van der Waals surface area contributed by atoms with Gasteiger partial charge in [0.1, 0.15) is 18.9 Å². The van der Waals surface area contributed by atoms with E-state index >= 15 is 0 Å². The van der Waals surface area contributed by atoms with E-state index in [1.54, 1.807) is 30.6 Å². The summed E-state index contributed by atoms with van der Waals surface area (Å²) in [6, 6.07) is 5.19. The number of nitrogens with one attached hydrogen (secondary N) is 1. The Balaban J connectivity index is 1.91. The van der Waals surface area contributed by atoms with Gasteiger partial charge in [-0.05, 0) is 18.2 Å². The topological polar surface area (TPSA) is 60.5 Å². The maximum Gasteiger partial charge on any atom is 0.212 e. The highest BCUT2D eigenvalue weighted by Crippen LogP contribution is 2.31. The van der Waals surface area contributed by atoms with Gasteiger partial charge in [0.15, 0.2) is 16.6 Å². The van der Waals surface area contributed by atoms with Crippen LogP contribution in [0.4, 0.5) is 5.13 Å². The number of carbonyl (C=O) groups excluding carboxylic acids is 1. The number of hydrogen-bond acceptors (Lipinski definition) is 6. The number of aromatic nitrogens is 1. The monoisotopic (exact) mass is 276 g/mol. The van der Waals surface area contributed by atoms with Crippen molar-refractivity contribution in [3.05, 3.63) is 34.8 Å². The summed E-state index contributed by atoms with van der Waals surface area (Å²) in [5.74, 6) is 1.17. The fourth-order valence-electron chi connectivity index (χ4n) is 1.83. The van der Waals surface area contributed by atoms with Crippen molar-refractivity contribution in [3.8, 4) is 11.5 Å². The number of thiazole rings is 1. The molecular weight excluding hydrogens is 264 g/mol. The van der Waals surface area contributed by atoms with Crippen LogP contribution in [0.3, 0.4) is 0 Å². The highest BCUT2D eigenvalue weighted by Gasteiger charge is 2.17. The number of nitrogens with zero attached hydrogens (tertiary/aromatic N) is 1. The molecule has 0 amide bonds. The molecule has 98 valence electrons. The Labute approximate surface area is 114 Å². The number of hydrogen-bond donors (Lipinski definition) is 1. The van der Waals surface area contributed by atoms with Crippen LogP contribution < -0.4 is 14.8 Å².